The molecule has 44 heavy (non-hydrogen) atoms. The van der Waals surface area contributed by atoms with E-state index >= 15 is 0 Å². The molecule has 0 spiro atoms. The summed E-state index contributed by atoms with van der Waals surface area (Å²) in [4.78, 5) is 22.0. The molecule has 238 valence electrons. The van der Waals surface area contributed by atoms with E-state index in [4.69, 9.17) is 40.8 Å². The maximum absolute atomic E-state index is 14.1. The van der Waals surface area contributed by atoms with Crippen molar-refractivity contribution in [1.29, 1.82) is 0 Å². The summed E-state index contributed by atoms with van der Waals surface area (Å²) in [5.41, 5.74) is 8.63. The molecule has 0 aliphatic carbocycles. The van der Waals surface area contributed by atoms with E-state index in [0.717, 1.165) is 29.3 Å². The van der Waals surface area contributed by atoms with Crippen molar-refractivity contribution in [2.45, 2.75) is 78.7 Å². The third-order valence-corrected chi connectivity index (χ3v) is 8.79. The molecule has 4 rings (SSSR count). The average Bonchev–Trinajstić information content (AvgIpc) is 3.36. The summed E-state index contributed by atoms with van der Waals surface area (Å²) >= 11 is 6.03. The van der Waals surface area contributed by atoms with Crippen LogP contribution in [0.1, 0.15) is 65.7 Å². The Morgan fingerprint density at radius 1 is 1.07 bits per heavy atom. The van der Waals surface area contributed by atoms with Crippen LogP contribution in [-0.4, -0.2) is 45.9 Å². The topological polar surface area (TPSA) is 140 Å². The minimum atomic E-state index is -4.06. The van der Waals surface area contributed by atoms with Crippen LogP contribution in [0.25, 0.3) is 21.9 Å². The fraction of sp³-hybridized carbons (Fsp3) is 0.452. The monoisotopic (exact) mass is 645 g/mol. The fourth-order valence-electron chi connectivity index (χ4n) is 4.95. The van der Waals surface area contributed by atoms with E-state index in [0.29, 0.717) is 35.2 Å². The molecule has 3 atom stereocenters. The highest BCUT2D eigenvalue weighted by molar-refractivity contribution is 7.52. The van der Waals surface area contributed by atoms with E-state index in [-0.39, 0.29) is 31.1 Å². The predicted molar refractivity (Wildman–Crippen MR) is 173 cm³/mol. The highest BCUT2D eigenvalue weighted by Crippen LogP contribution is 2.46. The van der Waals surface area contributed by atoms with Gasteiger partial charge in [-0.25, -0.2) is 14.5 Å². The van der Waals surface area contributed by atoms with Gasteiger partial charge in [0.15, 0.2) is 5.82 Å². The van der Waals surface area contributed by atoms with Crippen molar-refractivity contribution >= 4 is 53.1 Å². The summed E-state index contributed by atoms with van der Waals surface area (Å²) in [6.07, 6.45) is 1.76. The van der Waals surface area contributed by atoms with Gasteiger partial charge in [0, 0.05) is 23.1 Å². The molecule has 13 heteroatoms. The molecule has 4 aromatic rings. The number of carbonyl (C=O) groups excluding carboxylic acids is 1. The number of carbonyl (C=O) groups is 1. The number of hydrogen-bond acceptors (Lipinski definition) is 9. The van der Waals surface area contributed by atoms with Crippen LogP contribution in [0.4, 0.5) is 5.82 Å². The molecule has 0 fully saturated rings. The van der Waals surface area contributed by atoms with Gasteiger partial charge >= 0.3 is 13.7 Å². The second-order valence-corrected chi connectivity index (χ2v) is 12.8. The molecule has 0 radical (unpaired) electrons. The summed E-state index contributed by atoms with van der Waals surface area (Å²) in [7, 11) is -4.06. The number of rotatable bonds is 16. The summed E-state index contributed by atoms with van der Waals surface area (Å²) in [6.45, 7) is 9.91. The van der Waals surface area contributed by atoms with Gasteiger partial charge in [-0.15, -0.1) is 0 Å². The Kier molecular flexibility index (Phi) is 11.6. The van der Waals surface area contributed by atoms with E-state index in [1.54, 1.807) is 45.0 Å². The summed E-state index contributed by atoms with van der Waals surface area (Å²) in [6, 6.07) is 13.1. The zero-order valence-electron chi connectivity index (χ0n) is 25.8. The number of pyridine rings is 1. The van der Waals surface area contributed by atoms with Crippen molar-refractivity contribution in [3.05, 3.63) is 59.4 Å². The standard InChI is InChI=1S/C31H41ClN5O6P/c1-6-10-23(37-27(19-40-7-2)35-28-29(37)25-11-8-9-12-26(25)34-30(28)33)17-18-41-44(39,36-21(5)31(38)42-20(3)4)43-24-15-13-22(32)14-16-24/h8-9,11-16,20-21,23H,6-7,10,17-19H2,1-5H3,(H2,33,34)(H,36,39)/t21-,23+,44-/m0/s1. The van der Waals surface area contributed by atoms with E-state index in [1.165, 1.54) is 0 Å². The molecule has 0 saturated heterocycles. The second kappa shape index (κ2) is 15.2. The van der Waals surface area contributed by atoms with Gasteiger partial charge in [0.25, 0.3) is 0 Å². The predicted octanol–water partition coefficient (Wildman–Crippen LogP) is 7.22. The molecule has 0 unspecified atom stereocenters. The van der Waals surface area contributed by atoms with Gasteiger partial charge in [-0.2, -0.15) is 5.09 Å². The van der Waals surface area contributed by atoms with Gasteiger partial charge in [-0.05, 0) is 70.9 Å². The number of fused-ring (bicyclic) bond motifs is 3. The Hall–Kier alpha value is -3.21. The first-order valence-corrected chi connectivity index (χ1v) is 16.8. The van der Waals surface area contributed by atoms with Crippen LogP contribution in [0.5, 0.6) is 5.75 Å². The minimum Gasteiger partial charge on any atom is -0.462 e. The van der Waals surface area contributed by atoms with Gasteiger partial charge in [-0.1, -0.05) is 43.1 Å². The number of benzene rings is 2. The first kappa shape index (κ1) is 33.7. The van der Waals surface area contributed by atoms with Crippen LogP contribution < -0.4 is 15.3 Å². The van der Waals surface area contributed by atoms with Crippen molar-refractivity contribution in [3.63, 3.8) is 0 Å². The number of nitrogens with one attached hydrogen (secondary N) is 1. The number of nitrogen functional groups attached to an aromatic ring is 1. The number of ether oxygens (including phenoxy) is 2. The maximum atomic E-state index is 14.1. The van der Waals surface area contributed by atoms with Crippen molar-refractivity contribution in [2.24, 2.45) is 0 Å². The van der Waals surface area contributed by atoms with Gasteiger partial charge < -0.3 is 24.3 Å². The first-order chi connectivity index (χ1) is 21.0. The van der Waals surface area contributed by atoms with E-state index < -0.39 is 19.8 Å². The van der Waals surface area contributed by atoms with E-state index in [1.807, 2.05) is 31.2 Å². The molecule has 0 aliphatic heterocycles. The molecular formula is C31H41ClN5O6P. The van der Waals surface area contributed by atoms with Crippen molar-refractivity contribution in [1.82, 2.24) is 19.6 Å². The van der Waals surface area contributed by atoms with Crippen LogP contribution in [0, 0.1) is 0 Å². The number of aromatic nitrogens is 3. The summed E-state index contributed by atoms with van der Waals surface area (Å²) in [5, 5.41) is 4.16. The SMILES string of the molecule is CCC[C@H](CCO[P@@](=O)(N[C@@H](C)C(=O)OC(C)C)Oc1ccc(Cl)cc1)n1c(COCC)nc2c(N)nc3ccccc3c21. The summed E-state index contributed by atoms with van der Waals surface area (Å²) < 4.78 is 39.1. The number of para-hydroxylation sites is 1. The van der Waals surface area contributed by atoms with Crippen molar-refractivity contribution in [2.75, 3.05) is 18.9 Å². The van der Waals surface area contributed by atoms with Gasteiger partial charge in [0.2, 0.25) is 0 Å². The summed E-state index contributed by atoms with van der Waals surface area (Å²) in [5.74, 6) is 0.757. The van der Waals surface area contributed by atoms with Crippen molar-refractivity contribution < 1.29 is 27.9 Å². The first-order valence-electron chi connectivity index (χ1n) is 14.9. The Labute approximate surface area is 263 Å². The van der Waals surface area contributed by atoms with Crippen LogP contribution in [0.3, 0.4) is 0 Å². The Balaban J connectivity index is 1.66. The van der Waals surface area contributed by atoms with Crippen LogP contribution in [-0.2, 0) is 30.0 Å². The van der Waals surface area contributed by atoms with E-state index in [9.17, 15) is 9.36 Å². The maximum Gasteiger partial charge on any atom is 0.459 e. The lowest BCUT2D eigenvalue weighted by Crippen LogP contribution is -2.36. The largest absolute Gasteiger partial charge is 0.462 e. The van der Waals surface area contributed by atoms with Gasteiger partial charge in [0.1, 0.15) is 29.7 Å². The number of halogens is 1. The molecule has 2 heterocycles. The van der Waals surface area contributed by atoms with Crippen LogP contribution >= 0.6 is 19.3 Å². The molecule has 2 aromatic heterocycles. The molecule has 0 bridgehead atoms. The highest BCUT2D eigenvalue weighted by Gasteiger charge is 2.33. The lowest BCUT2D eigenvalue weighted by atomic mass is 10.1. The number of nitrogens with zero attached hydrogens (tertiary/aromatic N) is 3. The average molecular weight is 646 g/mol. The molecular weight excluding hydrogens is 605 g/mol. The fourth-order valence-corrected chi connectivity index (χ4v) is 6.58. The molecule has 0 amide bonds. The van der Waals surface area contributed by atoms with E-state index in [2.05, 4.69) is 21.6 Å². The molecule has 0 aliphatic rings. The highest BCUT2D eigenvalue weighted by atomic mass is 35.5. The molecule has 0 saturated carbocycles. The Bertz CT molecular complexity index is 1610. The number of nitrogens with two attached hydrogens (primary N) is 1. The quantitative estimate of drug-likeness (QED) is 0.0948. The normalized spacial score (nSPS) is 14.5. The van der Waals surface area contributed by atoms with Crippen LogP contribution in [0.15, 0.2) is 48.5 Å². The lowest BCUT2D eigenvalue weighted by molar-refractivity contribution is -0.149. The zero-order chi connectivity index (χ0) is 31.9. The van der Waals surface area contributed by atoms with Gasteiger partial charge in [-0.3, -0.25) is 9.32 Å². The van der Waals surface area contributed by atoms with Crippen LogP contribution in [0.2, 0.25) is 5.02 Å². The molecule has 11 nitrogen and oxygen atoms in total. The van der Waals surface area contributed by atoms with Gasteiger partial charge in [0.05, 0.1) is 23.7 Å². The minimum absolute atomic E-state index is 0.0424. The Morgan fingerprint density at radius 3 is 2.48 bits per heavy atom. The number of imidazole rings is 1. The number of anilines is 1. The number of esters is 1. The third kappa shape index (κ3) is 8.28. The smallest absolute Gasteiger partial charge is 0.459 e. The zero-order valence-corrected chi connectivity index (χ0v) is 27.4. The second-order valence-electron chi connectivity index (χ2n) is 10.7. The Morgan fingerprint density at radius 2 is 1.80 bits per heavy atom. The molecule has 2 aromatic carbocycles. The number of hydrogen-bond donors (Lipinski definition) is 2. The third-order valence-electron chi connectivity index (χ3n) is 6.86. The molecule has 3 N–H and O–H groups in total. The van der Waals surface area contributed by atoms with Crippen molar-refractivity contribution in [3.8, 4) is 5.75 Å². The lowest BCUT2D eigenvalue weighted by Gasteiger charge is -2.25.